The van der Waals surface area contributed by atoms with Crippen molar-refractivity contribution in [3.05, 3.63) is 286 Å². The Morgan fingerprint density at radius 3 is 0.858 bits per heavy atom. The summed E-state index contributed by atoms with van der Waals surface area (Å²) in [4.78, 5) is 95.6. The van der Waals surface area contributed by atoms with E-state index < -0.39 is 41.8 Å². The molecule has 0 saturated carbocycles. The molecular formula is C85H85N9O12. The Bertz CT molecular complexity index is 4540. The smallest absolute Gasteiger partial charge is 0.249 e. The lowest BCUT2D eigenvalue weighted by Crippen LogP contribution is -2.47. The zero-order chi connectivity index (χ0) is 74.1. The Balaban J connectivity index is 0.798. The van der Waals surface area contributed by atoms with Crippen molar-refractivity contribution in [3.8, 4) is 17.2 Å². The van der Waals surface area contributed by atoms with Crippen LogP contribution in [0.4, 0.5) is 17.1 Å². The highest BCUT2D eigenvalue weighted by molar-refractivity contribution is 6.01. The molecule has 0 radical (unpaired) electrons. The summed E-state index contributed by atoms with van der Waals surface area (Å²) in [6.07, 6.45) is -0.0492. The number of carbonyl (C=O) groups excluding carboxylic acids is 6. The molecule has 0 fully saturated rings. The van der Waals surface area contributed by atoms with Crippen LogP contribution in [0.5, 0.6) is 17.2 Å². The number of benzene rings is 9. The molecule has 0 bridgehead atoms. The standard InChI is InChI=1S/C85H85N9O12/c1-52-67(70-40-64(101-4)34-37-73(70)86-52)43-79(95)92-76(49-104-46-55-16-10-7-11-17-55)83(98)89-61-28-22-58(23-29-61)82(59-24-30-62(31-25-59)90-84(99)77(50-105-47-56-18-12-8-13-19-56)93-80(96)44-68-53(2)87-74-38-35-65(102-5)41-71(68)74)60-26-32-63(33-27-60)91-85(100)78(51-106-48-57-20-14-9-15-21-57)94-81(97)45-69-54(3)88-75-39-36-66(103-6)42-72(69)75/h7-42,76-78,82,86-88H,43-51H2,1-6H3,(H,89,98)(H,90,99)(H,91,100)(H,92,95)(H,93,96)(H,94,97)/t76-,77-,78-/m0/s1. The van der Waals surface area contributed by atoms with Gasteiger partial charge in [-0.2, -0.15) is 0 Å². The summed E-state index contributed by atoms with van der Waals surface area (Å²) >= 11 is 0. The number of amides is 6. The van der Waals surface area contributed by atoms with Gasteiger partial charge in [-0.1, -0.05) is 127 Å². The molecule has 0 spiro atoms. The van der Waals surface area contributed by atoms with Crippen LogP contribution in [0.2, 0.25) is 0 Å². The Labute approximate surface area is 614 Å². The molecule has 0 saturated heterocycles. The molecule has 12 aromatic rings. The molecule has 0 aliphatic rings. The van der Waals surface area contributed by atoms with Crippen molar-refractivity contribution in [1.82, 2.24) is 30.9 Å². The molecule has 0 aliphatic carbocycles. The van der Waals surface area contributed by atoms with Gasteiger partial charge in [-0.3, -0.25) is 28.8 Å². The van der Waals surface area contributed by atoms with Gasteiger partial charge in [0.25, 0.3) is 0 Å². The summed E-state index contributed by atoms with van der Waals surface area (Å²) < 4.78 is 34.8. The van der Waals surface area contributed by atoms with E-state index in [1.54, 1.807) is 57.7 Å². The zero-order valence-electron chi connectivity index (χ0n) is 59.9. The molecule has 6 amide bonds. The molecule has 3 heterocycles. The van der Waals surface area contributed by atoms with Crippen LogP contribution in [0.3, 0.4) is 0 Å². The summed E-state index contributed by atoms with van der Waals surface area (Å²) in [6.45, 7) is 5.94. The number of carbonyl (C=O) groups is 6. The minimum atomic E-state index is -1.09. The van der Waals surface area contributed by atoms with E-state index in [9.17, 15) is 28.8 Å². The molecular weight excluding hydrogens is 1340 g/mol. The molecule has 0 aliphatic heterocycles. The predicted molar refractivity (Wildman–Crippen MR) is 410 cm³/mol. The van der Waals surface area contributed by atoms with Gasteiger partial charge in [0, 0.05) is 72.8 Å². The SMILES string of the molecule is COc1ccc2[nH]c(C)c(CC(=O)N[C@@H](COCc3ccccc3)C(=O)Nc3ccc(C(c4ccc(NC(=O)[C@H](COCc5ccccc5)NC(=O)Cc5c(C)[nH]c6ccc(OC)cc56)cc4)c4ccc(NC(=O)[C@H](COCc5ccccc5)NC(=O)Cc5c(C)[nH]c6ccc(OC)cc56)cc4)cc3)c2c1. The second-order valence-electron chi connectivity index (χ2n) is 26.1. The van der Waals surface area contributed by atoms with E-state index in [4.69, 9.17) is 28.4 Å². The summed E-state index contributed by atoms with van der Waals surface area (Å²) in [5.41, 5.74) is 13.8. The van der Waals surface area contributed by atoms with E-state index in [-0.39, 0.29) is 76.6 Å². The minimum Gasteiger partial charge on any atom is -0.497 e. The van der Waals surface area contributed by atoms with Crippen molar-refractivity contribution in [2.75, 3.05) is 57.1 Å². The van der Waals surface area contributed by atoms with E-state index in [0.717, 1.165) is 99.9 Å². The first kappa shape index (κ1) is 73.5. The van der Waals surface area contributed by atoms with Crippen molar-refractivity contribution in [3.63, 3.8) is 0 Å². The summed E-state index contributed by atoms with van der Waals surface area (Å²) in [5, 5.41) is 20.4. The maximum atomic E-state index is 14.5. The van der Waals surface area contributed by atoms with Crippen LogP contribution in [0, 0.1) is 20.8 Å². The monoisotopic (exact) mass is 1420 g/mol. The van der Waals surface area contributed by atoms with Crippen molar-refractivity contribution in [1.29, 1.82) is 0 Å². The lowest BCUT2D eigenvalue weighted by molar-refractivity contribution is -0.127. The number of methoxy groups -OCH3 is 3. The number of nitrogens with one attached hydrogen (secondary N) is 9. The zero-order valence-corrected chi connectivity index (χ0v) is 59.9. The number of fused-ring (bicyclic) bond motifs is 3. The summed E-state index contributed by atoms with van der Waals surface area (Å²) in [7, 11) is 4.76. The van der Waals surface area contributed by atoms with Crippen LogP contribution in [-0.2, 0) is 82.1 Å². The lowest BCUT2D eigenvalue weighted by atomic mass is 9.85. The van der Waals surface area contributed by atoms with Gasteiger partial charge in [-0.25, -0.2) is 0 Å². The van der Waals surface area contributed by atoms with Gasteiger partial charge in [0.15, 0.2) is 0 Å². The third-order valence-corrected chi connectivity index (χ3v) is 18.7. The maximum absolute atomic E-state index is 14.5. The van der Waals surface area contributed by atoms with E-state index in [0.29, 0.717) is 34.3 Å². The van der Waals surface area contributed by atoms with E-state index in [2.05, 4.69) is 46.9 Å². The lowest BCUT2D eigenvalue weighted by Gasteiger charge is -2.22. The van der Waals surface area contributed by atoms with Crippen LogP contribution in [0.1, 0.15) is 73.1 Å². The van der Waals surface area contributed by atoms with Gasteiger partial charge in [0.2, 0.25) is 35.4 Å². The van der Waals surface area contributed by atoms with Gasteiger partial charge < -0.3 is 75.3 Å². The van der Waals surface area contributed by atoms with Crippen molar-refractivity contribution in [2.45, 2.75) is 83.9 Å². The van der Waals surface area contributed by atoms with Crippen molar-refractivity contribution >= 4 is 85.2 Å². The molecule has 9 N–H and O–H groups in total. The Kier molecular flexibility index (Phi) is 24.1. The van der Waals surface area contributed by atoms with Crippen molar-refractivity contribution in [2.24, 2.45) is 0 Å². The molecule has 3 aromatic heterocycles. The number of anilines is 3. The first-order valence-electron chi connectivity index (χ1n) is 35.0. The molecule has 542 valence electrons. The highest BCUT2D eigenvalue weighted by Crippen LogP contribution is 2.36. The van der Waals surface area contributed by atoms with Gasteiger partial charge in [-0.05, 0) is 162 Å². The van der Waals surface area contributed by atoms with Crippen molar-refractivity contribution < 1.29 is 57.2 Å². The Morgan fingerprint density at radius 1 is 0.340 bits per heavy atom. The normalized spacial score (nSPS) is 12.1. The van der Waals surface area contributed by atoms with E-state index in [1.165, 1.54) is 0 Å². The topological polar surface area (TPSA) is 277 Å². The second-order valence-corrected chi connectivity index (χ2v) is 26.1. The molecule has 0 unspecified atom stereocenters. The first-order chi connectivity index (χ1) is 51.5. The number of aryl methyl sites for hydroxylation is 3. The third-order valence-electron chi connectivity index (χ3n) is 18.7. The molecule has 9 aromatic carbocycles. The maximum Gasteiger partial charge on any atom is 0.249 e. The number of aromatic nitrogens is 3. The molecule has 106 heavy (non-hydrogen) atoms. The molecule has 21 heteroatoms. The van der Waals surface area contributed by atoms with Gasteiger partial charge in [-0.15, -0.1) is 0 Å². The number of hydrogen-bond donors (Lipinski definition) is 9. The quantitative estimate of drug-likeness (QED) is 0.0174. The third kappa shape index (κ3) is 18.7. The Morgan fingerprint density at radius 2 is 0.604 bits per heavy atom. The average Bonchev–Trinajstić information content (AvgIpc) is 1.69. The Hall–Kier alpha value is -12.3. The largest absolute Gasteiger partial charge is 0.497 e. The number of hydrogen-bond acceptors (Lipinski definition) is 12. The first-order valence-corrected chi connectivity index (χ1v) is 35.0. The highest BCUT2D eigenvalue weighted by atomic mass is 16.5. The van der Waals surface area contributed by atoms with Gasteiger partial charge in [0.1, 0.15) is 35.4 Å². The van der Waals surface area contributed by atoms with Crippen LogP contribution in [0.25, 0.3) is 32.7 Å². The fourth-order valence-corrected chi connectivity index (χ4v) is 13.1. The number of H-pyrrole nitrogens is 3. The van der Waals surface area contributed by atoms with Gasteiger partial charge in [0.05, 0.1) is 80.2 Å². The number of ether oxygens (including phenoxy) is 6. The molecule has 21 nitrogen and oxygen atoms in total. The molecule has 12 rings (SSSR count). The predicted octanol–water partition coefficient (Wildman–Crippen LogP) is 12.9. The number of aromatic amines is 3. The van der Waals surface area contributed by atoms with E-state index >= 15 is 0 Å². The fraction of sp³-hybridized carbons (Fsp3) is 0.224. The van der Waals surface area contributed by atoms with Crippen LogP contribution >= 0.6 is 0 Å². The fourth-order valence-electron chi connectivity index (χ4n) is 13.1. The molecule has 3 atom stereocenters. The summed E-state index contributed by atoms with van der Waals surface area (Å²) in [5.74, 6) is -1.18. The van der Waals surface area contributed by atoms with E-state index in [1.807, 2.05) is 203 Å². The second kappa shape index (κ2) is 34.8. The average molecular weight is 1420 g/mol. The van der Waals surface area contributed by atoms with Crippen LogP contribution in [-0.4, -0.2) is 110 Å². The number of rotatable bonds is 33. The highest BCUT2D eigenvalue weighted by Gasteiger charge is 2.28. The van der Waals surface area contributed by atoms with Crippen LogP contribution in [0.15, 0.2) is 218 Å². The van der Waals surface area contributed by atoms with Crippen LogP contribution < -0.4 is 46.1 Å². The minimum absolute atomic E-state index is 0.0164. The summed E-state index contributed by atoms with van der Waals surface area (Å²) in [6, 6.07) is 64.3. The van der Waals surface area contributed by atoms with Gasteiger partial charge >= 0.3 is 0 Å².